The number of carbonyl (C=O) groups excluding carboxylic acids is 3. The molecule has 6 N–H and O–H groups in total. The molecule has 0 unspecified atom stereocenters. The van der Waals surface area contributed by atoms with Gasteiger partial charge in [0.2, 0.25) is 35.6 Å². The number of anilines is 11. The van der Waals surface area contributed by atoms with Gasteiger partial charge in [0.15, 0.2) is 51.9 Å². The number of aryl methyl sites for hydroxylation is 3. The molecule has 9 heterocycles. The lowest BCUT2D eigenvalue weighted by Crippen LogP contribution is -2.52. The van der Waals surface area contributed by atoms with Crippen LogP contribution in [0.15, 0.2) is 180 Å². The number of hydrogen-bond donors (Lipinski definition) is 6. The van der Waals surface area contributed by atoms with Gasteiger partial charge in [-0.15, -0.1) is 0 Å². The smallest absolute Gasteiger partial charge is 0.294 e. The third-order valence-electron chi connectivity index (χ3n) is 21.6. The first-order chi connectivity index (χ1) is 62.9. The molecule has 0 bridgehead atoms. The molecule has 34 nitrogen and oxygen atoms in total. The first-order valence-corrected chi connectivity index (χ1v) is 41.0. The van der Waals surface area contributed by atoms with E-state index in [-0.39, 0.29) is 81.1 Å². The number of amides is 3. The lowest BCUT2D eigenvalue weighted by atomic mass is 10.0. The van der Waals surface area contributed by atoms with Gasteiger partial charge in [0.05, 0.1) is 66.8 Å². The molecule has 0 radical (unpaired) electrons. The third kappa shape index (κ3) is 22.5. The van der Waals surface area contributed by atoms with E-state index in [1.807, 2.05) is 31.1 Å². The van der Waals surface area contributed by atoms with Crippen LogP contribution >= 0.6 is 0 Å². The summed E-state index contributed by atoms with van der Waals surface area (Å²) in [6.45, 7) is 20.9. The van der Waals surface area contributed by atoms with Gasteiger partial charge in [-0.05, 0) is 132 Å². The number of likely N-dealkylation sites (N-methyl/N-ethyl adjacent to an activating group) is 3. The van der Waals surface area contributed by atoms with Crippen molar-refractivity contribution in [2.24, 2.45) is 21.1 Å². The predicted molar refractivity (Wildman–Crippen MR) is 487 cm³/mol. The van der Waals surface area contributed by atoms with E-state index in [4.69, 9.17) is 33.2 Å². The predicted octanol–water partition coefficient (Wildman–Crippen LogP) is 12.7. The highest BCUT2D eigenvalue weighted by molar-refractivity contribution is 6.04. The lowest BCUT2D eigenvalue weighted by Gasteiger charge is -2.43. The van der Waals surface area contributed by atoms with Crippen molar-refractivity contribution in [1.82, 2.24) is 63.2 Å². The molecule has 40 heteroatoms. The Labute approximate surface area is 746 Å². The van der Waals surface area contributed by atoms with E-state index in [0.717, 1.165) is 132 Å². The highest BCUT2D eigenvalue weighted by Gasteiger charge is 2.31. The normalized spacial score (nSPS) is 13.7. The maximum absolute atomic E-state index is 14.2. The molecule has 0 aliphatic carbocycles. The molecule has 12 aromatic rings. The van der Waals surface area contributed by atoms with Crippen molar-refractivity contribution in [3.63, 3.8) is 0 Å². The highest BCUT2D eigenvalue weighted by atomic mass is 19.2. The summed E-state index contributed by atoms with van der Waals surface area (Å²) in [6, 6.07) is 23.5. The van der Waals surface area contributed by atoms with Crippen molar-refractivity contribution >= 4 is 114 Å². The Morgan fingerprint density at radius 1 is 0.412 bits per heavy atom. The Kier molecular flexibility index (Phi) is 29.8. The minimum Gasteiger partial charge on any atom is -0.494 e. The quantitative estimate of drug-likeness (QED) is 0.0196. The van der Waals surface area contributed by atoms with Crippen LogP contribution < -0.4 is 91.5 Å². The van der Waals surface area contributed by atoms with E-state index in [1.54, 1.807) is 31.4 Å². The Hall–Kier alpha value is -15.2. The summed E-state index contributed by atoms with van der Waals surface area (Å²) in [6.07, 6.45) is 9.98. The first-order valence-electron chi connectivity index (χ1n) is 41.0. The van der Waals surface area contributed by atoms with Gasteiger partial charge in [-0.3, -0.25) is 47.4 Å². The van der Waals surface area contributed by atoms with E-state index >= 15 is 0 Å². The highest BCUT2D eigenvalue weighted by Crippen LogP contribution is 2.43. The molecule has 0 atom stereocenters. The van der Waals surface area contributed by atoms with E-state index in [0.29, 0.717) is 111 Å². The van der Waals surface area contributed by atoms with Crippen LogP contribution in [-0.2, 0) is 35.5 Å². The van der Waals surface area contributed by atoms with Crippen LogP contribution in [0.25, 0.3) is 33.1 Å². The van der Waals surface area contributed by atoms with E-state index in [1.165, 1.54) is 98.0 Å². The van der Waals surface area contributed by atoms with Crippen molar-refractivity contribution in [3.8, 4) is 57.5 Å². The topological polar surface area (TPSA) is 351 Å². The molecule has 684 valence electrons. The molecular formula is C91H95F6N21O13. The van der Waals surface area contributed by atoms with Gasteiger partial charge in [0, 0.05) is 170 Å². The summed E-state index contributed by atoms with van der Waals surface area (Å²) in [5, 5.41) is 19.1. The Morgan fingerprint density at radius 3 is 1.09 bits per heavy atom. The SMILES string of the molecule is C=CC(=O)Nc1cc(Nc2ncc3cc(Oc4ccc(F)cc4F)c(=O)n(C)c3n2)c(OC)cc1N1CCC(N2CCN(C)CC2)CC1.C=CC(=O)Nc1cc(Nc2ncc3cc(Oc4ccc(F)cc4F)c(=O)n(C)c3n2)c(OC)cc1N1CCN(C)CC1.C=CC(=O)Nc1cc(Nc2ncc3cc(Oc4ccc(F)cc4F)c(=O)n(C)c3n2)c(OC)cc1OCCN(C)C. The summed E-state index contributed by atoms with van der Waals surface area (Å²) in [4.78, 5) is 116. The fourth-order valence-electron chi connectivity index (χ4n) is 14.5. The molecule has 3 amide bonds. The van der Waals surface area contributed by atoms with Crippen LogP contribution in [-0.4, -0.2) is 215 Å². The molecule has 0 saturated carbocycles. The average Bonchev–Trinajstić information content (AvgIpc) is 0.783. The zero-order chi connectivity index (χ0) is 93.6. The number of methoxy groups -OCH3 is 3. The number of hydrogen-bond acceptors (Lipinski definition) is 28. The largest absolute Gasteiger partial charge is 0.494 e. The van der Waals surface area contributed by atoms with Gasteiger partial charge in [0.1, 0.15) is 64.0 Å². The van der Waals surface area contributed by atoms with Crippen LogP contribution in [0.3, 0.4) is 0 Å². The van der Waals surface area contributed by atoms with Crippen molar-refractivity contribution in [1.29, 1.82) is 0 Å². The Bertz CT molecular complexity index is 6540. The minimum atomic E-state index is -0.949. The Balaban J connectivity index is 0.000000168. The zero-order valence-electron chi connectivity index (χ0n) is 73.2. The number of rotatable bonds is 28. The van der Waals surface area contributed by atoms with Crippen molar-refractivity contribution in [3.05, 3.63) is 232 Å². The number of fused-ring (bicyclic) bond motifs is 3. The van der Waals surface area contributed by atoms with Crippen molar-refractivity contribution in [2.45, 2.75) is 18.9 Å². The average molecular weight is 1800 g/mol. The van der Waals surface area contributed by atoms with E-state index in [9.17, 15) is 55.1 Å². The maximum atomic E-state index is 14.2. The van der Waals surface area contributed by atoms with E-state index in [2.05, 4.69) is 120 Å². The van der Waals surface area contributed by atoms with Gasteiger partial charge < -0.3 is 89.6 Å². The van der Waals surface area contributed by atoms with Gasteiger partial charge >= 0.3 is 0 Å². The number of piperidine rings is 1. The number of halogens is 6. The molecule has 3 aliphatic rings. The number of piperazine rings is 2. The van der Waals surface area contributed by atoms with Crippen LogP contribution in [0, 0.1) is 34.9 Å². The zero-order valence-corrected chi connectivity index (χ0v) is 73.2. The number of ether oxygens (including phenoxy) is 7. The molecule has 3 aliphatic heterocycles. The molecular weight excluding hydrogens is 1710 g/mol. The standard InChI is InChI=1S/C34H38F2N8O4.C29H29F2N7O4.C28H28F2N6O5/c1-5-31(45)38-25-18-26(29(47-4)19-27(25)44-10-8-23(9-11-44)43-14-12-41(2)13-15-43)39-34-37-20-21-16-30(33(46)42(3)32(21)40-34)48-28-7-6-22(35)17-24(28)36;1-5-26(39)33-20-14-21(24(41-4)15-22(20)38-10-8-36(2)9-11-38)34-29-32-16-17-12-25(28(40)37(3)27(17)35-29)42-23-7-6-18(30)13-19(23)31;1-6-25(37)32-20-13-19(22(39-5)14-23(20)40-10-9-35(2)3)33-28-31-15-16-11-24(27(38)36(4)26(16)34-28)41-21-8-7-17(29)12-18(21)30/h5-7,16-20,23H,1,8-15H2,2-4H3,(H,38,45)(H,37,39,40);5-7,12-16H,1,8-11H2,2-4H3,(H,33,39)(H,32,34,35);6-8,11-15H,1,9-10H2,2-5H3,(H,32,37)(H,31,33,34). The van der Waals surface area contributed by atoms with Crippen LogP contribution in [0.2, 0.25) is 0 Å². The molecule has 6 aromatic heterocycles. The van der Waals surface area contributed by atoms with Crippen molar-refractivity contribution in [2.75, 3.05) is 170 Å². The Morgan fingerprint density at radius 2 is 0.748 bits per heavy atom. The van der Waals surface area contributed by atoms with Crippen LogP contribution in [0.4, 0.5) is 89.7 Å². The first kappa shape index (κ1) is 93.5. The summed E-state index contributed by atoms with van der Waals surface area (Å²) >= 11 is 0. The maximum Gasteiger partial charge on any atom is 0.294 e. The molecule has 15 rings (SSSR count). The minimum absolute atomic E-state index is 0.117. The fourth-order valence-corrected chi connectivity index (χ4v) is 14.5. The van der Waals surface area contributed by atoms with Gasteiger partial charge in [-0.1, -0.05) is 19.7 Å². The van der Waals surface area contributed by atoms with Crippen LogP contribution in [0.1, 0.15) is 12.8 Å². The van der Waals surface area contributed by atoms with E-state index < -0.39 is 57.5 Å². The molecule has 0 spiro atoms. The second-order valence-corrected chi connectivity index (χ2v) is 30.7. The van der Waals surface area contributed by atoms with Gasteiger partial charge in [-0.2, -0.15) is 15.0 Å². The number of benzene rings is 6. The number of nitrogens with zero attached hydrogens (tertiary/aromatic N) is 15. The van der Waals surface area contributed by atoms with Gasteiger partial charge in [0.25, 0.3) is 16.7 Å². The molecule has 6 aromatic carbocycles. The number of pyridine rings is 3. The summed E-state index contributed by atoms with van der Waals surface area (Å²) in [5.74, 6) is -5.51. The lowest BCUT2D eigenvalue weighted by molar-refractivity contribution is -0.112. The number of carbonyl (C=O) groups is 3. The third-order valence-corrected chi connectivity index (χ3v) is 21.6. The number of aromatic nitrogens is 9. The monoisotopic (exact) mass is 1800 g/mol. The van der Waals surface area contributed by atoms with Crippen molar-refractivity contribution < 1.29 is 73.9 Å². The fraction of sp³-hybridized carbons (Fsp3) is 0.275. The summed E-state index contributed by atoms with van der Waals surface area (Å²) < 4.78 is 125. The second-order valence-electron chi connectivity index (χ2n) is 30.7. The van der Waals surface area contributed by atoms with Gasteiger partial charge in [-0.25, -0.2) is 41.3 Å². The summed E-state index contributed by atoms with van der Waals surface area (Å²) in [7, 11) is 17.1. The molecule has 3 fully saturated rings. The molecule has 131 heavy (non-hydrogen) atoms. The summed E-state index contributed by atoms with van der Waals surface area (Å²) in [5.41, 5.74) is 3.53. The number of nitrogens with one attached hydrogen (secondary N) is 6. The second kappa shape index (κ2) is 41.7. The molecule has 3 saturated heterocycles. The van der Waals surface area contributed by atoms with Crippen LogP contribution in [0.5, 0.6) is 57.5 Å².